The smallest absolute Gasteiger partial charge is 0.306 e. The molecule has 0 aliphatic heterocycles. The van der Waals surface area contributed by atoms with Gasteiger partial charge in [0, 0.05) is 6.42 Å². The van der Waals surface area contributed by atoms with Crippen molar-refractivity contribution >= 4 is 5.97 Å². The number of ether oxygens (including phenoxy) is 1. The van der Waals surface area contributed by atoms with Crippen LogP contribution in [0.5, 0.6) is 0 Å². The van der Waals surface area contributed by atoms with E-state index in [4.69, 9.17) is 4.74 Å². The molecule has 0 bridgehead atoms. The van der Waals surface area contributed by atoms with Gasteiger partial charge in [-0.15, -0.1) is 0 Å². The molecule has 0 saturated heterocycles. The Hall–Kier alpha value is -3.13. The summed E-state index contributed by atoms with van der Waals surface area (Å²) in [5.74, 6) is 0.492. The predicted molar refractivity (Wildman–Crippen MR) is 266 cm³/mol. The molecule has 334 valence electrons. The van der Waals surface area contributed by atoms with Crippen molar-refractivity contribution in [3.05, 3.63) is 116 Å². The van der Waals surface area contributed by atoms with Crippen molar-refractivity contribution in [3.63, 3.8) is 0 Å². The molecule has 0 unspecified atom stereocenters. The molecule has 0 heterocycles. The number of carbonyl (C=O) groups is 1. The molecule has 2 heteroatoms. The average Bonchev–Trinajstić information content (AvgIpc) is 3.14. The Bertz CT molecular complexity index is 1470. The molecule has 0 aromatic heterocycles. The van der Waals surface area contributed by atoms with Crippen LogP contribution in [0.25, 0.3) is 0 Å². The van der Waals surface area contributed by atoms with Crippen molar-refractivity contribution in [2.45, 2.75) is 225 Å². The topological polar surface area (TPSA) is 26.3 Å². The van der Waals surface area contributed by atoms with Gasteiger partial charge in [-0.25, -0.2) is 0 Å². The third-order valence-electron chi connectivity index (χ3n) is 11.1. The van der Waals surface area contributed by atoms with E-state index < -0.39 is 0 Å². The van der Waals surface area contributed by atoms with E-state index in [9.17, 15) is 4.79 Å². The van der Waals surface area contributed by atoms with Gasteiger partial charge in [0.25, 0.3) is 0 Å². The maximum absolute atomic E-state index is 11.9. The predicted octanol–water partition coefficient (Wildman–Crippen LogP) is 18.9. The maximum atomic E-state index is 11.9. The fourth-order valence-electron chi connectivity index (χ4n) is 6.79. The van der Waals surface area contributed by atoms with E-state index in [1.165, 1.54) is 101 Å². The van der Waals surface area contributed by atoms with E-state index in [1.807, 2.05) is 0 Å². The number of hydrogen-bond donors (Lipinski definition) is 0. The first-order chi connectivity index (χ1) is 28.1. The molecule has 0 radical (unpaired) electrons. The van der Waals surface area contributed by atoms with E-state index in [0.717, 1.165) is 83.5 Å². The number of allylic oxidation sites excluding steroid dienone is 20. The van der Waals surface area contributed by atoms with Crippen LogP contribution >= 0.6 is 0 Å². The highest BCUT2D eigenvalue weighted by Crippen LogP contribution is 2.18. The van der Waals surface area contributed by atoms with E-state index in [0.29, 0.717) is 18.9 Å². The fourth-order valence-corrected chi connectivity index (χ4v) is 6.79. The average molecular weight is 811 g/mol. The van der Waals surface area contributed by atoms with Crippen molar-refractivity contribution in [3.8, 4) is 0 Å². The van der Waals surface area contributed by atoms with E-state index in [1.54, 1.807) is 0 Å². The first kappa shape index (κ1) is 55.9. The Labute approximate surface area is 368 Å². The minimum absolute atomic E-state index is 0.0755. The van der Waals surface area contributed by atoms with Gasteiger partial charge in [-0.05, 0) is 210 Å². The SMILES string of the molecule is CC(C)=CCC/C(C)=C\CC/C(C)=C/CC/C(C)=C\CC/C(C)=C/CC/C(C)=C\CC/C(C)=C/CC/C(C)=C/CC/C(C)=C/CC/C(C)=C\CCC(=O)OCCC(C)C. The minimum atomic E-state index is -0.0755. The molecular formula is C57H94O2. The van der Waals surface area contributed by atoms with Crippen LogP contribution in [0, 0.1) is 5.92 Å². The van der Waals surface area contributed by atoms with Crippen molar-refractivity contribution < 1.29 is 9.53 Å². The zero-order valence-corrected chi connectivity index (χ0v) is 41.2. The molecule has 0 atom stereocenters. The second kappa shape index (κ2) is 36.7. The Balaban J connectivity index is 4.24. The van der Waals surface area contributed by atoms with Crippen LogP contribution in [0.15, 0.2) is 116 Å². The second-order valence-corrected chi connectivity index (χ2v) is 18.5. The molecule has 0 aromatic carbocycles. The van der Waals surface area contributed by atoms with Gasteiger partial charge in [-0.2, -0.15) is 0 Å². The van der Waals surface area contributed by atoms with Gasteiger partial charge in [0.15, 0.2) is 0 Å². The summed E-state index contributed by atoms with van der Waals surface area (Å²) in [6, 6.07) is 0. The molecule has 0 aromatic rings. The van der Waals surface area contributed by atoms with E-state index in [2.05, 4.69) is 151 Å². The molecular weight excluding hydrogens is 717 g/mol. The first-order valence-electron chi connectivity index (χ1n) is 23.8. The quantitative estimate of drug-likeness (QED) is 0.0487. The minimum Gasteiger partial charge on any atom is -0.466 e. The highest BCUT2D eigenvalue weighted by molar-refractivity contribution is 5.69. The van der Waals surface area contributed by atoms with E-state index in [-0.39, 0.29) is 5.97 Å². The van der Waals surface area contributed by atoms with Gasteiger partial charge in [-0.3, -0.25) is 4.79 Å². The van der Waals surface area contributed by atoms with Crippen LogP contribution < -0.4 is 0 Å². The van der Waals surface area contributed by atoms with Crippen LogP contribution in [-0.4, -0.2) is 12.6 Å². The molecule has 0 saturated carbocycles. The van der Waals surface area contributed by atoms with Crippen molar-refractivity contribution in [1.29, 1.82) is 0 Å². The van der Waals surface area contributed by atoms with Gasteiger partial charge in [0.05, 0.1) is 6.61 Å². The van der Waals surface area contributed by atoms with Crippen LogP contribution in [0.4, 0.5) is 0 Å². The summed E-state index contributed by atoms with van der Waals surface area (Å²) >= 11 is 0. The van der Waals surface area contributed by atoms with Crippen molar-refractivity contribution in [2.75, 3.05) is 6.61 Å². The summed E-state index contributed by atoms with van der Waals surface area (Å²) in [4.78, 5) is 11.9. The lowest BCUT2D eigenvalue weighted by atomic mass is 10.0. The van der Waals surface area contributed by atoms with Gasteiger partial charge >= 0.3 is 5.97 Å². The van der Waals surface area contributed by atoms with Gasteiger partial charge < -0.3 is 4.74 Å². The summed E-state index contributed by atoms with van der Waals surface area (Å²) in [5, 5.41) is 0. The van der Waals surface area contributed by atoms with Crippen LogP contribution in [-0.2, 0) is 9.53 Å². The summed E-state index contributed by atoms with van der Waals surface area (Å²) in [5.41, 5.74) is 14.9. The van der Waals surface area contributed by atoms with Crippen molar-refractivity contribution in [2.24, 2.45) is 5.92 Å². The highest BCUT2D eigenvalue weighted by atomic mass is 16.5. The Morgan fingerprint density at radius 1 is 0.339 bits per heavy atom. The summed E-state index contributed by atoms with van der Waals surface area (Å²) in [7, 11) is 0. The van der Waals surface area contributed by atoms with Gasteiger partial charge in [-0.1, -0.05) is 130 Å². The molecule has 0 spiro atoms. The van der Waals surface area contributed by atoms with E-state index >= 15 is 0 Å². The van der Waals surface area contributed by atoms with Gasteiger partial charge in [0.1, 0.15) is 0 Å². The normalized spacial score (nSPS) is 14.4. The van der Waals surface area contributed by atoms with Crippen LogP contribution in [0.2, 0.25) is 0 Å². The molecule has 0 fully saturated rings. The number of esters is 1. The Morgan fingerprint density at radius 3 is 0.746 bits per heavy atom. The largest absolute Gasteiger partial charge is 0.466 e. The Kier molecular flexibility index (Phi) is 34.8. The van der Waals surface area contributed by atoms with Crippen LogP contribution in [0.1, 0.15) is 225 Å². The summed E-state index contributed by atoms with van der Waals surface area (Å²) < 4.78 is 5.31. The number of carbonyl (C=O) groups excluding carboxylic acids is 1. The first-order valence-corrected chi connectivity index (χ1v) is 23.8. The summed E-state index contributed by atoms with van der Waals surface area (Å²) in [6.07, 6.45) is 46.9. The molecule has 0 amide bonds. The fraction of sp³-hybridized carbons (Fsp3) is 0.632. The number of hydrogen-bond acceptors (Lipinski definition) is 2. The summed E-state index contributed by atoms with van der Waals surface area (Å²) in [6.45, 7) is 29.7. The van der Waals surface area contributed by atoms with Crippen LogP contribution in [0.3, 0.4) is 0 Å². The lowest BCUT2D eigenvalue weighted by Gasteiger charge is -2.06. The monoisotopic (exact) mass is 811 g/mol. The third kappa shape index (κ3) is 38.8. The maximum Gasteiger partial charge on any atom is 0.306 e. The third-order valence-corrected chi connectivity index (χ3v) is 11.1. The molecule has 0 aliphatic rings. The lowest BCUT2D eigenvalue weighted by molar-refractivity contribution is -0.143. The second-order valence-electron chi connectivity index (χ2n) is 18.5. The molecule has 59 heavy (non-hydrogen) atoms. The molecule has 2 nitrogen and oxygen atoms in total. The molecule has 0 N–H and O–H groups in total. The highest BCUT2D eigenvalue weighted by Gasteiger charge is 2.03. The van der Waals surface area contributed by atoms with Crippen molar-refractivity contribution in [1.82, 2.24) is 0 Å². The standard InChI is InChI=1S/C57H94O2/c1-46(2)24-14-25-48(5)26-15-27-49(6)28-16-29-50(7)30-17-31-51(8)32-18-33-52(9)34-19-35-53(10)36-20-37-54(11)38-21-39-55(12)40-22-41-56(13)42-23-43-57(58)59-45-44-47(3)4/h24,26,28,30,32,34,36,38,40,42,47H,14-23,25,27,29,31,33,35,37,39,41,43-45H2,1-13H3/b48-26-,49-28+,50-30-,51-32+,52-34-,53-36+,54-38+,55-40+,56-42-. The number of rotatable bonds is 33. The zero-order chi connectivity index (χ0) is 44.3. The molecule has 0 aliphatic carbocycles. The lowest BCUT2D eigenvalue weighted by Crippen LogP contribution is -2.07. The zero-order valence-electron chi connectivity index (χ0n) is 41.2. The van der Waals surface area contributed by atoms with Gasteiger partial charge in [0.2, 0.25) is 0 Å². The Morgan fingerprint density at radius 2 is 0.542 bits per heavy atom. The molecule has 0 rings (SSSR count).